The molecule has 0 fully saturated rings. The van der Waals surface area contributed by atoms with Gasteiger partial charge in [-0.05, 0) is 13.8 Å². The summed E-state index contributed by atoms with van der Waals surface area (Å²) in [6.07, 6.45) is 2.67. The van der Waals surface area contributed by atoms with Crippen LogP contribution >= 0.6 is 11.6 Å². The molecule has 0 aliphatic carbocycles. The lowest BCUT2D eigenvalue weighted by atomic mass is 10.4. The summed E-state index contributed by atoms with van der Waals surface area (Å²) in [4.78, 5) is 10.7. The van der Waals surface area contributed by atoms with Crippen LogP contribution in [0.5, 0.6) is 0 Å². The minimum atomic E-state index is -0.334. The molecule has 4 heteroatoms. The number of likely N-dealkylation sites (N-methyl/N-ethyl adjacent to an activating group) is 1. The second-order valence-corrected chi connectivity index (χ2v) is 3.35. The highest BCUT2D eigenvalue weighted by Gasteiger charge is 2.16. The summed E-state index contributed by atoms with van der Waals surface area (Å²) in [6, 6.07) is 0. The normalized spacial score (nSPS) is 9.93. The molecule has 0 aromatic carbocycles. The maximum absolute atomic E-state index is 10.7. The lowest BCUT2D eigenvalue weighted by molar-refractivity contribution is -0.906. The molecule has 0 radical (unpaired) electrons. The third kappa shape index (κ3) is 8.45. The molecule has 0 unspecified atom stereocenters. The monoisotopic (exact) mass is 236 g/mol. The Morgan fingerprint density at radius 1 is 1.40 bits per heavy atom. The molecule has 0 aliphatic heterocycles. The van der Waals surface area contributed by atoms with Crippen molar-refractivity contribution >= 4 is 17.6 Å². The molecule has 0 aromatic heterocycles. The van der Waals surface area contributed by atoms with Crippen LogP contribution in [0.1, 0.15) is 13.8 Å². The van der Waals surface area contributed by atoms with E-state index in [9.17, 15) is 4.79 Å². The van der Waals surface area contributed by atoms with Gasteiger partial charge in [-0.25, -0.2) is 4.79 Å². The van der Waals surface area contributed by atoms with Crippen LogP contribution in [0, 0.1) is 0 Å². The molecule has 0 saturated heterocycles. The number of alkyl halides is 1. The second kappa shape index (κ2) is 9.99. The van der Waals surface area contributed by atoms with Crippen molar-refractivity contribution in [1.82, 2.24) is 0 Å². The van der Waals surface area contributed by atoms with Crippen LogP contribution in [0.2, 0.25) is 0 Å². The zero-order chi connectivity index (χ0) is 12.3. The zero-order valence-corrected chi connectivity index (χ0v) is 11.0. The molecular formula is C11H23ClNO2+. The van der Waals surface area contributed by atoms with E-state index in [1.165, 1.54) is 12.5 Å². The van der Waals surface area contributed by atoms with E-state index < -0.39 is 0 Å². The van der Waals surface area contributed by atoms with E-state index in [0.717, 1.165) is 24.1 Å². The Morgan fingerprint density at radius 3 is 2.20 bits per heavy atom. The van der Waals surface area contributed by atoms with E-state index in [1.54, 1.807) is 0 Å². The van der Waals surface area contributed by atoms with Gasteiger partial charge in [0.05, 0.1) is 20.1 Å². The summed E-state index contributed by atoms with van der Waals surface area (Å²) in [5.41, 5.74) is 0. The van der Waals surface area contributed by atoms with Crippen molar-refractivity contribution in [1.29, 1.82) is 0 Å². The number of hydrogen-bond acceptors (Lipinski definition) is 2. The average Bonchev–Trinajstić information content (AvgIpc) is 2.31. The maximum Gasteiger partial charge on any atom is 0.330 e. The van der Waals surface area contributed by atoms with Crippen molar-refractivity contribution in [2.45, 2.75) is 13.8 Å². The Morgan fingerprint density at radius 2 is 1.87 bits per heavy atom. The van der Waals surface area contributed by atoms with Crippen LogP contribution in [-0.2, 0) is 9.53 Å². The van der Waals surface area contributed by atoms with E-state index in [4.69, 9.17) is 4.74 Å². The molecule has 0 N–H and O–H groups in total. The summed E-state index contributed by atoms with van der Waals surface area (Å²) in [5, 5.41) is 0. The van der Waals surface area contributed by atoms with Crippen molar-refractivity contribution < 1.29 is 14.0 Å². The summed E-state index contributed by atoms with van der Waals surface area (Å²) < 4.78 is 5.85. The van der Waals surface area contributed by atoms with E-state index in [1.807, 2.05) is 0 Å². The van der Waals surface area contributed by atoms with Crippen molar-refractivity contribution in [3.8, 4) is 0 Å². The van der Waals surface area contributed by atoms with Crippen molar-refractivity contribution in [3.63, 3.8) is 0 Å². The van der Waals surface area contributed by atoms with Crippen LogP contribution in [0.3, 0.4) is 0 Å². The number of carbonyl (C=O) groups excluding carboxylic acids is 1. The quantitative estimate of drug-likeness (QED) is 0.305. The molecule has 3 nitrogen and oxygen atoms in total. The number of halogens is 1. The van der Waals surface area contributed by atoms with Gasteiger partial charge in [-0.15, -0.1) is 11.6 Å². The topological polar surface area (TPSA) is 26.3 Å². The van der Waals surface area contributed by atoms with E-state index in [2.05, 4.69) is 39.1 Å². The largest absolute Gasteiger partial charge is 0.457 e. The summed E-state index contributed by atoms with van der Waals surface area (Å²) in [7, 11) is 2.15. The SMILES string of the molecule is C=CC(=O)OCC[N+](C)(CC)CC.CCl. The van der Waals surface area contributed by atoms with Gasteiger partial charge < -0.3 is 9.22 Å². The molecule has 15 heavy (non-hydrogen) atoms. The molecule has 0 bridgehead atoms. The number of hydrogen-bond donors (Lipinski definition) is 0. The van der Waals surface area contributed by atoms with Crippen molar-refractivity contribution in [3.05, 3.63) is 12.7 Å². The van der Waals surface area contributed by atoms with Gasteiger partial charge in [-0.1, -0.05) is 6.58 Å². The second-order valence-electron chi connectivity index (χ2n) is 3.35. The van der Waals surface area contributed by atoms with Gasteiger partial charge in [0.1, 0.15) is 13.2 Å². The van der Waals surface area contributed by atoms with E-state index >= 15 is 0 Å². The molecule has 0 spiro atoms. The molecule has 0 rings (SSSR count). The summed E-state index contributed by atoms with van der Waals surface area (Å²) >= 11 is 4.64. The lowest BCUT2D eigenvalue weighted by Crippen LogP contribution is -2.46. The third-order valence-electron chi connectivity index (χ3n) is 2.57. The fourth-order valence-corrected chi connectivity index (χ4v) is 0.965. The number of rotatable bonds is 6. The molecule has 0 aliphatic rings. The Bertz CT molecular complexity index is 179. The smallest absolute Gasteiger partial charge is 0.330 e. The highest BCUT2D eigenvalue weighted by atomic mass is 35.5. The Balaban J connectivity index is 0. The van der Waals surface area contributed by atoms with Crippen LogP contribution in [0.4, 0.5) is 0 Å². The first-order valence-corrected chi connectivity index (χ1v) is 5.84. The number of nitrogens with zero attached hydrogens (tertiary/aromatic N) is 1. The Hall–Kier alpha value is -0.540. The highest BCUT2D eigenvalue weighted by Crippen LogP contribution is 2.00. The van der Waals surface area contributed by atoms with E-state index in [-0.39, 0.29) is 5.97 Å². The van der Waals surface area contributed by atoms with Gasteiger partial charge in [-0.3, -0.25) is 0 Å². The van der Waals surface area contributed by atoms with Gasteiger partial charge in [0, 0.05) is 12.5 Å². The summed E-state index contributed by atoms with van der Waals surface area (Å²) in [6.45, 7) is 11.1. The van der Waals surface area contributed by atoms with Gasteiger partial charge >= 0.3 is 5.97 Å². The molecule has 0 saturated carbocycles. The minimum Gasteiger partial charge on any atom is -0.457 e. The molecule has 0 aromatic rings. The Kier molecular flexibility index (Phi) is 11.2. The minimum absolute atomic E-state index is 0.334. The lowest BCUT2D eigenvalue weighted by Gasteiger charge is -2.31. The highest BCUT2D eigenvalue weighted by molar-refractivity contribution is 6.15. The number of esters is 1. The predicted octanol–water partition coefficient (Wildman–Crippen LogP) is 2.06. The fourth-order valence-electron chi connectivity index (χ4n) is 0.965. The van der Waals surface area contributed by atoms with Crippen LogP contribution in [0.25, 0.3) is 0 Å². The third-order valence-corrected chi connectivity index (χ3v) is 2.57. The first kappa shape index (κ1) is 16.9. The van der Waals surface area contributed by atoms with Gasteiger partial charge in [0.15, 0.2) is 0 Å². The van der Waals surface area contributed by atoms with E-state index in [0.29, 0.717) is 6.61 Å². The number of ether oxygens (including phenoxy) is 1. The number of quaternary nitrogens is 1. The number of carbonyl (C=O) groups is 1. The van der Waals surface area contributed by atoms with Gasteiger partial charge in [0.2, 0.25) is 0 Å². The van der Waals surface area contributed by atoms with Crippen LogP contribution in [-0.4, -0.2) is 50.1 Å². The maximum atomic E-state index is 10.7. The summed E-state index contributed by atoms with van der Waals surface area (Å²) in [5.74, 6) is -0.334. The molecule has 0 atom stereocenters. The Labute approximate surface area is 98.3 Å². The van der Waals surface area contributed by atoms with Crippen LogP contribution in [0.15, 0.2) is 12.7 Å². The van der Waals surface area contributed by atoms with Crippen molar-refractivity contribution in [2.24, 2.45) is 0 Å². The zero-order valence-electron chi connectivity index (χ0n) is 10.3. The first-order valence-electron chi connectivity index (χ1n) is 5.08. The first-order chi connectivity index (χ1) is 7.08. The van der Waals surface area contributed by atoms with Gasteiger partial charge in [0.25, 0.3) is 0 Å². The molecule has 0 heterocycles. The van der Waals surface area contributed by atoms with Gasteiger partial charge in [-0.2, -0.15) is 0 Å². The van der Waals surface area contributed by atoms with Crippen LogP contribution < -0.4 is 0 Å². The fraction of sp³-hybridized carbons (Fsp3) is 0.727. The molecule has 0 amide bonds. The average molecular weight is 237 g/mol. The standard InChI is InChI=1S/C10H20NO2.CH3Cl/c1-5-10(12)13-9-8-11(4,6-2)7-3;1-2/h5H,1,6-9H2,2-4H3;1H3/q+1;. The molecular weight excluding hydrogens is 214 g/mol. The van der Waals surface area contributed by atoms with Crippen molar-refractivity contribution in [2.75, 3.05) is 39.7 Å². The molecule has 90 valence electrons. The predicted molar refractivity (Wildman–Crippen MR) is 65.1 cm³/mol.